The summed E-state index contributed by atoms with van der Waals surface area (Å²) < 4.78 is 39.9. The summed E-state index contributed by atoms with van der Waals surface area (Å²) in [5.41, 5.74) is -1.13. The molecule has 2 aromatic rings. The van der Waals surface area contributed by atoms with Crippen molar-refractivity contribution in [3.8, 4) is 0 Å². The lowest BCUT2D eigenvalue weighted by molar-refractivity contribution is -0.136. The second kappa shape index (κ2) is 8.37. The molecule has 0 saturated heterocycles. The van der Waals surface area contributed by atoms with E-state index in [1.54, 1.807) is 30.3 Å². The molecule has 26 heavy (non-hydrogen) atoms. The fourth-order valence-corrected chi connectivity index (χ4v) is 2.16. The Morgan fingerprint density at radius 3 is 2.31 bits per heavy atom. The smallest absolute Gasteiger partial charge is 0.338 e. The van der Waals surface area contributed by atoms with E-state index in [2.05, 4.69) is 16.0 Å². The zero-order chi connectivity index (χ0) is 19.2. The van der Waals surface area contributed by atoms with E-state index in [0.717, 1.165) is 12.1 Å². The van der Waals surface area contributed by atoms with Crippen molar-refractivity contribution in [1.82, 2.24) is 5.32 Å². The number of carbonyl (C=O) groups excluding carboxylic acids is 2. The highest BCUT2D eigenvalue weighted by Gasteiger charge is 2.34. The summed E-state index contributed by atoms with van der Waals surface area (Å²) in [5.74, 6) is -0.528. The molecule has 0 aliphatic rings. The number of alkyl halides is 3. The summed E-state index contributed by atoms with van der Waals surface area (Å²) in [6, 6.07) is 10.6. The lowest BCUT2D eigenvalue weighted by atomic mass is 10.1. The molecule has 138 valence electrons. The minimum atomic E-state index is -4.69. The number of benzene rings is 2. The Balaban J connectivity index is 2.22. The van der Waals surface area contributed by atoms with Gasteiger partial charge in [-0.3, -0.25) is 4.79 Å². The maximum absolute atomic E-state index is 13.3. The largest absolute Gasteiger partial charge is 0.418 e. The Bertz CT molecular complexity index is 777. The molecule has 2 aromatic carbocycles. The zero-order valence-corrected chi connectivity index (χ0v) is 14.0. The van der Waals surface area contributed by atoms with Crippen LogP contribution in [0.2, 0.25) is 0 Å². The molecule has 0 unspecified atom stereocenters. The van der Waals surface area contributed by atoms with Gasteiger partial charge in [0.25, 0.3) is 5.91 Å². The zero-order valence-electron chi connectivity index (χ0n) is 14.0. The van der Waals surface area contributed by atoms with Crippen molar-refractivity contribution >= 4 is 23.3 Å². The van der Waals surface area contributed by atoms with Crippen molar-refractivity contribution < 1.29 is 22.8 Å². The summed E-state index contributed by atoms with van der Waals surface area (Å²) in [5, 5.41) is 7.04. The lowest BCUT2D eigenvalue weighted by Crippen LogP contribution is -2.30. The molecule has 0 aliphatic heterocycles. The van der Waals surface area contributed by atoms with E-state index in [0.29, 0.717) is 18.5 Å². The second-order valence-corrected chi connectivity index (χ2v) is 5.46. The van der Waals surface area contributed by atoms with Gasteiger partial charge in [0, 0.05) is 17.8 Å². The molecule has 8 heteroatoms. The van der Waals surface area contributed by atoms with Gasteiger partial charge in [-0.05, 0) is 36.8 Å². The molecule has 0 fully saturated rings. The molecule has 0 spiro atoms. The first kappa shape index (κ1) is 19.3. The number of amides is 3. The number of nitrogens with one attached hydrogen (secondary N) is 3. The topological polar surface area (TPSA) is 70.2 Å². The third-order valence-electron chi connectivity index (χ3n) is 3.40. The number of carbonyl (C=O) groups is 2. The van der Waals surface area contributed by atoms with Gasteiger partial charge in [0.05, 0.1) is 11.3 Å². The van der Waals surface area contributed by atoms with Crippen LogP contribution < -0.4 is 16.0 Å². The fourth-order valence-electron chi connectivity index (χ4n) is 2.16. The van der Waals surface area contributed by atoms with Gasteiger partial charge in [-0.2, -0.15) is 13.2 Å². The number of urea groups is 1. The van der Waals surface area contributed by atoms with E-state index < -0.39 is 23.7 Å². The van der Waals surface area contributed by atoms with Gasteiger partial charge in [0.1, 0.15) is 0 Å². The van der Waals surface area contributed by atoms with Crippen molar-refractivity contribution in [2.45, 2.75) is 19.5 Å². The molecule has 5 nitrogen and oxygen atoms in total. The van der Waals surface area contributed by atoms with Crippen LogP contribution >= 0.6 is 0 Å². The van der Waals surface area contributed by atoms with Gasteiger partial charge in [-0.15, -0.1) is 0 Å². The maximum atomic E-state index is 13.3. The molecule has 2 rings (SSSR count). The first-order valence-corrected chi connectivity index (χ1v) is 7.93. The molecule has 0 radical (unpaired) electrons. The summed E-state index contributed by atoms with van der Waals surface area (Å²) in [6.45, 7) is 2.17. The Morgan fingerprint density at radius 2 is 1.69 bits per heavy atom. The summed E-state index contributed by atoms with van der Waals surface area (Å²) in [4.78, 5) is 23.7. The predicted octanol–water partition coefficient (Wildman–Crippen LogP) is 4.49. The highest BCUT2D eigenvalue weighted by Crippen LogP contribution is 2.36. The van der Waals surface area contributed by atoms with Crippen LogP contribution in [0.5, 0.6) is 0 Å². The van der Waals surface area contributed by atoms with Gasteiger partial charge < -0.3 is 16.0 Å². The predicted molar refractivity (Wildman–Crippen MR) is 93.2 cm³/mol. The van der Waals surface area contributed by atoms with Crippen molar-refractivity contribution in [2.24, 2.45) is 0 Å². The van der Waals surface area contributed by atoms with E-state index in [1.807, 2.05) is 6.92 Å². The van der Waals surface area contributed by atoms with Crippen molar-refractivity contribution in [1.29, 1.82) is 0 Å². The molecule has 0 atom stereocenters. The van der Waals surface area contributed by atoms with Gasteiger partial charge >= 0.3 is 12.2 Å². The second-order valence-electron chi connectivity index (χ2n) is 5.46. The van der Waals surface area contributed by atoms with Crippen molar-refractivity contribution in [3.63, 3.8) is 0 Å². The van der Waals surface area contributed by atoms with Crippen LogP contribution in [0.4, 0.5) is 29.3 Å². The highest BCUT2D eigenvalue weighted by molar-refractivity contribution is 6.04. The summed E-state index contributed by atoms with van der Waals surface area (Å²) >= 11 is 0. The summed E-state index contributed by atoms with van der Waals surface area (Å²) in [6.07, 6.45) is -4.04. The van der Waals surface area contributed by atoms with E-state index in [4.69, 9.17) is 0 Å². The molecule has 3 N–H and O–H groups in total. The number of hydrogen-bond acceptors (Lipinski definition) is 2. The van der Waals surface area contributed by atoms with Crippen LogP contribution in [-0.4, -0.2) is 18.5 Å². The summed E-state index contributed by atoms with van der Waals surface area (Å²) in [7, 11) is 0. The van der Waals surface area contributed by atoms with Crippen molar-refractivity contribution in [3.05, 3.63) is 59.7 Å². The number of halogens is 3. The van der Waals surface area contributed by atoms with Crippen LogP contribution in [0.3, 0.4) is 0 Å². The van der Waals surface area contributed by atoms with Crippen LogP contribution in [0, 0.1) is 0 Å². The third-order valence-corrected chi connectivity index (χ3v) is 3.40. The van der Waals surface area contributed by atoms with Crippen LogP contribution in [-0.2, 0) is 6.18 Å². The average Bonchev–Trinajstić information content (AvgIpc) is 2.61. The number of hydrogen-bond donors (Lipinski definition) is 3. The average molecular weight is 365 g/mol. The first-order chi connectivity index (χ1) is 12.3. The Labute approximate surface area is 148 Å². The lowest BCUT2D eigenvalue weighted by Gasteiger charge is -2.16. The molecule has 0 aromatic heterocycles. The Morgan fingerprint density at radius 1 is 1.00 bits per heavy atom. The third kappa shape index (κ3) is 5.23. The minimum absolute atomic E-state index is 0.0225. The molecular weight excluding hydrogens is 347 g/mol. The van der Waals surface area contributed by atoms with E-state index >= 15 is 0 Å². The molecular formula is C18H18F3N3O2. The number of rotatable bonds is 5. The highest BCUT2D eigenvalue weighted by atomic mass is 19.4. The quantitative estimate of drug-likeness (QED) is 0.731. The van der Waals surface area contributed by atoms with E-state index in [1.165, 1.54) is 6.07 Å². The standard InChI is InChI=1S/C18H18F3N3O2/c1-2-10-22-17(26)24-15-9-8-13(11-14(15)18(19,20)21)23-16(25)12-6-4-3-5-7-12/h3-9,11H,2,10H2,1H3,(H,23,25)(H2,22,24,26). The van der Waals surface area contributed by atoms with Crippen LogP contribution in [0.15, 0.2) is 48.5 Å². The minimum Gasteiger partial charge on any atom is -0.338 e. The molecule has 0 bridgehead atoms. The normalized spacial score (nSPS) is 10.9. The van der Waals surface area contributed by atoms with Crippen molar-refractivity contribution in [2.75, 3.05) is 17.2 Å². The van der Waals surface area contributed by atoms with Crippen LogP contribution in [0.25, 0.3) is 0 Å². The van der Waals surface area contributed by atoms with Gasteiger partial charge in [-0.1, -0.05) is 25.1 Å². The molecule has 0 heterocycles. The van der Waals surface area contributed by atoms with Gasteiger partial charge in [0.15, 0.2) is 0 Å². The van der Waals surface area contributed by atoms with Gasteiger partial charge in [0.2, 0.25) is 0 Å². The number of anilines is 2. The SMILES string of the molecule is CCCNC(=O)Nc1ccc(NC(=O)c2ccccc2)cc1C(F)(F)F. The van der Waals surface area contributed by atoms with Gasteiger partial charge in [-0.25, -0.2) is 4.79 Å². The molecule has 0 aliphatic carbocycles. The first-order valence-electron chi connectivity index (χ1n) is 7.93. The maximum Gasteiger partial charge on any atom is 0.418 e. The fraction of sp³-hybridized carbons (Fsp3) is 0.222. The van der Waals surface area contributed by atoms with E-state index in [-0.39, 0.29) is 11.4 Å². The van der Waals surface area contributed by atoms with E-state index in [9.17, 15) is 22.8 Å². The molecule has 0 saturated carbocycles. The Hall–Kier alpha value is -3.03. The Kier molecular flexibility index (Phi) is 6.21. The molecule has 3 amide bonds. The van der Waals surface area contributed by atoms with Crippen LogP contribution in [0.1, 0.15) is 29.3 Å². The monoisotopic (exact) mass is 365 g/mol.